The fraction of sp³-hybridized carbons (Fsp3) is 0.350. The van der Waals surface area contributed by atoms with Crippen molar-refractivity contribution < 1.29 is 24.1 Å². The number of benzene rings is 1. The molecule has 0 radical (unpaired) electrons. The molecule has 3 heterocycles. The molecule has 0 amide bonds. The molecule has 8 nitrogen and oxygen atoms in total. The van der Waals surface area contributed by atoms with Crippen LogP contribution < -0.4 is 0 Å². The average Bonchev–Trinajstić information content (AvgIpc) is 3.27. The Morgan fingerprint density at radius 1 is 1.31 bits per heavy atom. The zero-order valence-electron chi connectivity index (χ0n) is 16.6. The maximum absolute atomic E-state index is 14.0. The molecule has 1 aliphatic rings. The van der Waals surface area contributed by atoms with Crippen molar-refractivity contribution in [2.75, 3.05) is 13.7 Å². The van der Waals surface area contributed by atoms with Crippen LogP contribution in [0, 0.1) is 5.82 Å². The Labute approximate surface area is 198 Å². The van der Waals surface area contributed by atoms with Gasteiger partial charge in [0.1, 0.15) is 40.8 Å². The summed E-state index contributed by atoms with van der Waals surface area (Å²) in [4.78, 5) is 4.14. The van der Waals surface area contributed by atoms with Crippen LogP contribution in [0.3, 0.4) is 0 Å². The minimum Gasteiger partial charge on any atom is -0.394 e. The number of thiol groups is 1. The van der Waals surface area contributed by atoms with E-state index in [9.17, 15) is 14.6 Å². The van der Waals surface area contributed by atoms with Crippen molar-refractivity contribution in [3.05, 3.63) is 64.3 Å². The molecule has 0 unspecified atom stereocenters. The van der Waals surface area contributed by atoms with Gasteiger partial charge in [-0.3, -0.25) is 4.98 Å². The van der Waals surface area contributed by atoms with Crippen LogP contribution in [0.25, 0.3) is 11.3 Å². The minimum atomic E-state index is -1.49. The largest absolute Gasteiger partial charge is 0.394 e. The van der Waals surface area contributed by atoms with Gasteiger partial charge in [0.2, 0.25) is 0 Å². The van der Waals surface area contributed by atoms with Crippen LogP contribution in [0.15, 0.2) is 42.9 Å². The molecule has 12 heteroatoms. The SMILES string of the molecule is CO[C@@H]1[C@H](S)O[C@@H](CO)[C@@H](O)[C@@]1(c1cncc(Cl)c1)n1cc(-c2ccc(Cl)c(F)c2)nn1. The summed E-state index contributed by atoms with van der Waals surface area (Å²) in [6.45, 7) is -0.492. The van der Waals surface area contributed by atoms with Crippen molar-refractivity contribution in [3.8, 4) is 11.3 Å². The van der Waals surface area contributed by atoms with Gasteiger partial charge in [0.05, 0.1) is 22.8 Å². The highest BCUT2D eigenvalue weighted by Gasteiger charge is 2.59. The van der Waals surface area contributed by atoms with Crippen molar-refractivity contribution in [1.82, 2.24) is 20.0 Å². The zero-order valence-corrected chi connectivity index (χ0v) is 19.0. The monoisotopic (exact) mass is 500 g/mol. The van der Waals surface area contributed by atoms with Gasteiger partial charge in [0.25, 0.3) is 0 Å². The molecule has 0 saturated carbocycles. The van der Waals surface area contributed by atoms with Gasteiger partial charge >= 0.3 is 0 Å². The highest BCUT2D eigenvalue weighted by atomic mass is 35.5. The van der Waals surface area contributed by atoms with Gasteiger partial charge in [-0.15, -0.1) is 17.7 Å². The Morgan fingerprint density at radius 3 is 2.75 bits per heavy atom. The molecule has 0 spiro atoms. The number of hydrogen-bond acceptors (Lipinski definition) is 8. The molecule has 5 atom stereocenters. The fourth-order valence-electron chi connectivity index (χ4n) is 4.03. The lowest BCUT2D eigenvalue weighted by molar-refractivity contribution is -0.213. The number of methoxy groups -OCH3 is 1. The number of halogens is 3. The molecule has 1 saturated heterocycles. The lowest BCUT2D eigenvalue weighted by Crippen LogP contribution is -2.67. The topological polar surface area (TPSA) is 103 Å². The predicted molar refractivity (Wildman–Crippen MR) is 118 cm³/mol. The van der Waals surface area contributed by atoms with E-state index in [0.29, 0.717) is 21.8 Å². The van der Waals surface area contributed by atoms with E-state index in [2.05, 4.69) is 27.9 Å². The summed E-state index contributed by atoms with van der Waals surface area (Å²) >= 11 is 16.5. The van der Waals surface area contributed by atoms with E-state index in [4.69, 9.17) is 32.7 Å². The fourth-order valence-corrected chi connectivity index (χ4v) is 4.83. The highest BCUT2D eigenvalue weighted by molar-refractivity contribution is 7.80. The van der Waals surface area contributed by atoms with Crippen LogP contribution in [0.4, 0.5) is 4.39 Å². The summed E-state index contributed by atoms with van der Waals surface area (Å²) in [5.41, 5.74) is -1.17. The van der Waals surface area contributed by atoms with Gasteiger partial charge in [0.15, 0.2) is 0 Å². The van der Waals surface area contributed by atoms with Gasteiger partial charge in [-0.05, 0) is 18.2 Å². The molecule has 1 aromatic carbocycles. The summed E-state index contributed by atoms with van der Waals surface area (Å²) in [7, 11) is 1.43. The Morgan fingerprint density at radius 2 is 2.09 bits per heavy atom. The van der Waals surface area contributed by atoms with Crippen molar-refractivity contribution >= 4 is 35.8 Å². The normalized spacial score (nSPS) is 28.1. The number of ether oxygens (including phenoxy) is 2. The number of pyridine rings is 1. The molecule has 4 rings (SSSR count). The van der Waals surface area contributed by atoms with Gasteiger partial charge in [-0.2, -0.15) is 0 Å². The summed E-state index contributed by atoms with van der Waals surface area (Å²) in [6.07, 6.45) is 1.18. The minimum absolute atomic E-state index is 0.0226. The van der Waals surface area contributed by atoms with Gasteiger partial charge in [0, 0.05) is 30.6 Å². The number of aromatic nitrogens is 4. The quantitative estimate of drug-likeness (QED) is 0.462. The first-order valence-electron chi connectivity index (χ1n) is 9.47. The molecular weight excluding hydrogens is 482 g/mol. The molecule has 1 fully saturated rings. The number of nitrogens with zero attached hydrogens (tertiary/aromatic N) is 4. The van der Waals surface area contributed by atoms with Crippen LogP contribution >= 0.6 is 35.8 Å². The van der Waals surface area contributed by atoms with E-state index in [1.807, 2.05) is 0 Å². The number of aliphatic hydroxyl groups is 2. The van der Waals surface area contributed by atoms with Crippen LogP contribution in [-0.4, -0.2) is 67.7 Å². The van der Waals surface area contributed by atoms with Gasteiger partial charge in [-0.1, -0.05) is 34.5 Å². The second kappa shape index (κ2) is 9.22. The van der Waals surface area contributed by atoms with Crippen LogP contribution in [0.1, 0.15) is 5.56 Å². The lowest BCUT2D eigenvalue weighted by atomic mass is 9.76. The smallest absolute Gasteiger partial charge is 0.149 e. The molecule has 3 aromatic rings. The first kappa shape index (κ1) is 23.4. The standard InChI is InChI=1S/C20H19Cl2FN4O4S/c1-30-18-19(32)31-16(9-28)17(29)20(18,11-5-12(21)7-24-6-11)27-8-15(25-26-27)10-2-3-13(22)14(23)4-10/h2-8,16-19,28-29,32H,9H2,1H3/t16-,17+,18+,19-,20+/m0/s1. The molecule has 0 aliphatic carbocycles. The number of hydrogen-bond donors (Lipinski definition) is 3. The van der Waals surface area contributed by atoms with E-state index in [1.165, 1.54) is 42.5 Å². The van der Waals surface area contributed by atoms with E-state index < -0.39 is 41.7 Å². The summed E-state index contributed by atoms with van der Waals surface area (Å²) in [5.74, 6) is -0.607. The second-order valence-electron chi connectivity index (χ2n) is 7.24. The first-order valence-corrected chi connectivity index (χ1v) is 10.7. The van der Waals surface area contributed by atoms with Crippen LogP contribution in [-0.2, 0) is 15.0 Å². The first-order chi connectivity index (χ1) is 15.3. The Balaban J connectivity index is 1.94. The Bertz CT molecular complexity index is 1120. The van der Waals surface area contributed by atoms with E-state index >= 15 is 0 Å². The third kappa shape index (κ3) is 3.79. The zero-order chi connectivity index (χ0) is 23.0. The van der Waals surface area contributed by atoms with Crippen molar-refractivity contribution in [2.24, 2.45) is 0 Å². The molecule has 1 aliphatic heterocycles. The van der Waals surface area contributed by atoms with Gasteiger partial charge in [-0.25, -0.2) is 9.07 Å². The van der Waals surface area contributed by atoms with Crippen molar-refractivity contribution in [3.63, 3.8) is 0 Å². The summed E-state index contributed by atoms with van der Waals surface area (Å²) in [6, 6.07) is 5.85. The average molecular weight is 501 g/mol. The molecule has 0 bridgehead atoms. The van der Waals surface area contributed by atoms with Crippen LogP contribution in [0.5, 0.6) is 0 Å². The van der Waals surface area contributed by atoms with E-state index in [0.717, 1.165) is 0 Å². The summed E-state index contributed by atoms with van der Waals surface area (Å²) < 4.78 is 26.8. The molecular formula is C20H19Cl2FN4O4S. The van der Waals surface area contributed by atoms with E-state index in [-0.39, 0.29) is 5.02 Å². The lowest BCUT2D eigenvalue weighted by Gasteiger charge is -2.51. The van der Waals surface area contributed by atoms with Crippen molar-refractivity contribution in [2.45, 2.75) is 29.3 Å². The summed E-state index contributed by atoms with van der Waals surface area (Å²) in [5, 5.41) is 30.0. The maximum Gasteiger partial charge on any atom is 0.149 e. The van der Waals surface area contributed by atoms with Crippen LogP contribution in [0.2, 0.25) is 10.0 Å². The molecule has 32 heavy (non-hydrogen) atoms. The third-order valence-corrected chi connectivity index (χ3v) is 6.40. The number of aliphatic hydroxyl groups excluding tert-OH is 2. The second-order valence-corrected chi connectivity index (χ2v) is 8.60. The maximum atomic E-state index is 14.0. The molecule has 2 N–H and O–H groups in total. The highest BCUT2D eigenvalue weighted by Crippen LogP contribution is 2.44. The molecule has 170 valence electrons. The Hall–Kier alpha value is -1.79. The molecule has 2 aromatic heterocycles. The Kier molecular flexibility index (Phi) is 6.73. The number of rotatable bonds is 5. The van der Waals surface area contributed by atoms with Gasteiger partial charge < -0.3 is 19.7 Å². The third-order valence-electron chi connectivity index (χ3n) is 5.50. The predicted octanol–water partition coefficient (Wildman–Crippen LogP) is 2.55. The van der Waals surface area contributed by atoms with E-state index in [1.54, 1.807) is 12.1 Å². The van der Waals surface area contributed by atoms with Crippen molar-refractivity contribution in [1.29, 1.82) is 0 Å².